The Labute approximate surface area is 815 Å². The summed E-state index contributed by atoms with van der Waals surface area (Å²) < 4.78 is 696. The molecule has 15 rings (SSSR count). The third-order valence-electron chi connectivity index (χ3n) is 19.0. The van der Waals surface area contributed by atoms with Gasteiger partial charge in [0.25, 0.3) is 0 Å². The van der Waals surface area contributed by atoms with Crippen LogP contribution in [0.5, 0.6) is 57.5 Å². The number of aryl methyl sites for hydroxylation is 1. The second-order valence-corrected chi connectivity index (χ2v) is 27.4. The monoisotopic (exact) mass is 1710 g/mol. The fourth-order valence-corrected chi connectivity index (χ4v) is 13.3. The van der Waals surface area contributed by atoms with E-state index in [1.54, 1.807) is 13.8 Å². The molecule has 0 spiro atoms. The Kier molecular flexibility index (Phi) is 11.8. The molecule has 0 radical (unpaired) electrons. The first-order chi connectivity index (χ1) is 86.6. The molecule has 13 unspecified atom stereocenters. The third-order valence-corrected chi connectivity index (χ3v) is 19.0. The predicted octanol–water partition coefficient (Wildman–Crippen LogP) is 17.4. The van der Waals surface area contributed by atoms with Crippen LogP contribution in [-0.2, 0) is 55.9 Å². The normalized spacial score (nSPS) is 46.3. The molecular formula is C98H141N5O15. The zero-order chi connectivity index (χ0) is 153. The highest BCUT2D eigenvalue weighted by Crippen LogP contribution is 2.49. The Hall–Kier alpha value is -7.75. The summed E-state index contributed by atoms with van der Waals surface area (Å²) in [7, 11) is -10.6. The summed E-state index contributed by atoms with van der Waals surface area (Å²) in [4.78, 5) is 70.0. The summed E-state index contributed by atoms with van der Waals surface area (Å²) in [5.74, 6) is -38.8. The SMILES string of the molecule is [2H]C([2H])([2H])Oc1cc2c(cc1OC)C1([2H])N(CC([2H])(CC(C)C)C(=O)C1([2H])[2H])C([2H])([2H])C2([2H])[2H].[2H]c1c(OC([2H])([2H])[2H])c(OC)c([2H])c2c1C([2H])([2H])C([2H])([2H])N1CC([2H])(C([2H])([2H])C([2H])(C([2H])([2H])[2H])C([2H])([2H])C)C(=O)C([2H])([2H])C21[2H].[2H]c1c(OC)c(OC([2H])([2H])[2H])c([2H])c2c1C1([2H])CC(=O)C(C([2H])([2H])C([2H])(C([2H])([2H])[2H])C([2H])([2H])C)CN1C([2H])([2H])C2([2H])[2H].[2H]c1c(OC)c(OC([2H])([2H])[2H])c([2H])c2c1C1([2H])CC(=O)C(CC(C)C)CN1C([2H])([2H])C2([2H])[2H].[2H]c1c2c(c([2H])c(OC)c1OC([2H])([2H])[2H])C1N(CC2)C([2H])([2H])C([2H])(C([2H])([2H])C([2H])(C([2H])([2H])[2H])C([2H])([2H])C)C(=O)C1([2H])[2H]. The van der Waals surface area contributed by atoms with Crippen LogP contribution in [0.1, 0.15) is 345 Å². The molecule has 20 heteroatoms. The Balaban J connectivity index is 0.000000227. The van der Waals surface area contributed by atoms with E-state index in [2.05, 4.69) is 0 Å². The molecule has 13 atom stereocenters. The first-order valence-electron chi connectivity index (χ1n) is 75.3. The van der Waals surface area contributed by atoms with E-state index in [9.17, 15) is 26.7 Å². The second-order valence-electron chi connectivity index (χ2n) is 27.4. The van der Waals surface area contributed by atoms with Gasteiger partial charge in [-0.25, -0.2) is 0 Å². The number of carbonyl (C=O) groups excluding carboxylic acids is 5. The highest BCUT2D eigenvalue weighted by Gasteiger charge is 2.45. The van der Waals surface area contributed by atoms with E-state index in [0.29, 0.717) is 41.9 Å². The lowest BCUT2D eigenvalue weighted by atomic mass is 9.79. The molecule has 0 amide bonds. The van der Waals surface area contributed by atoms with Gasteiger partial charge < -0.3 is 47.4 Å². The number of ether oxygens (including phenoxy) is 10. The molecule has 5 aromatic carbocycles. The van der Waals surface area contributed by atoms with Gasteiger partial charge in [-0.15, -0.1) is 0 Å². The van der Waals surface area contributed by atoms with Gasteiger partial charge in [0.15, 0.2) is 57.5 Å². The summed E-state index contributed by atoms with van der Waals surface area (Å²) in [5.41, 5.74) is -6.97. The van der Waals surface area contributed by atoms with Gasteiger partial charge in [0.05, 0.1) is 108 Å². The second kappa shape index (κ2) is 41.7. The molecule has 10 heterocycles. The number of ketones is 5. The zero-order valence-corrected chi connectivity index (χ0v) is 66.0. The number of fused-ring (bicyclic) bond motifs is 15. The van der Waals surface area contributed by atoms with Crippen molar-refractivity contribution < 1.29 is 178 Å². The van der Waals surface area contributed by atoms with Gasteiger partial charge in [0.1, 0.15) is 28.9 Å². The van der Waals surface area contributed by atoms with Crippen LogP contribution in [0, 0.1) is 59.0 Å². The molecule has 648 valence electrons. The highest BCUT2D eigenvalue weighted by molar-refractivity contribution is 5.86. The van der Waals surface area contributed by atoms with Gasteiger partial charge in [0.2, 0.25) is 0 Å². The molecule has 0 saturated carbocycles. The fraction of sp³-hybridized carbons (Fsp3) is 0.643. The van der Waals surface area contributed by atoms with Crippen molar-refractivity contribution in [2.45, 2.75) is 214 Å². The van der Waals surface area contributed by atoms with Crippen LogP contribution in [0.25, 0.3) is 0 Å². The molecule has 5 saturated heterocycles. The zero-order valence-electron chi connectivity index (χ0n) is 144. The van der Waals surface area contributed by atoms with E-state index in [4.69, 9.17) is 152 Å². The Bertz CT molecular complexity index is 8050. The first kappa shape index (κ1) is 33.5. The number of nitrogens with zero attached hydrogens (tertiary/aromatic N) is 5. The van der Waals surface area contributed by atoms with Crippen LogP contribution in [0.15, 0.2) is 60.5 Å². The topological polar surface area (TPSA) is 194 Å². The van der Waals surface area contributed by atoms with E-state index < -0.39 is 467 Å². The van der Waals surface area contributed by atoms with Gasteiger partial charge >= 0.3 is 0 Å². The minimum atomic E-state index is -4.21. The predicted molar refractivity (Wildman–Crippen MR) is 465 cm³/mol. The minimum absolute atomic E-state index is 0.113. The summed E-state index contributed by atoms with van der Waals surface area (Å²) in [6.07, 6.45) is -47.1. The van der Waals surface area contributed by atoms with Crippen LogP contribution in [0.4, 0.5) is 0 Å². The number of Topliss-reactive ketones (excluding diaryl/α,β-unsaturated/α-hetero) is 5. The van der Waals surface area contributed by atoms with Crippen LogP contribution in [0.3, 0.4) is 0 Å². The number of rotatable bonds is 23. The first-order valence-corrected chi connectivity index (χ1v) is 36.3. The average molecular weight is 1710 g/mol. The largest absolute Gasteiger partial charge is 0.493 e. The number of methoxy groups -OCH3 is 10. The highest BCUT2D eigenvalue weighted by atomic mass is 16.5. The smallest absolute Gasteiger partial charge is 0.161 e. The molecule has 10 aliphatic rings. The van der Waals surface area contributed by atoms with Crippen LogP contribution < -0.4 is 47.4 Å². The van der Waals surface area contributed by atoms with Crippen LogP contribution in [-0.4, -0.2) is 189 Å². The summed E-state index contributed by atoms with van der Waals surface area (Å²) in [6, 6.07) is -18.9. The summed E-state index contributed by atoms with van der Waals surface area (Å²) in [5, 5.41) is 0. The molecule has 0 aliphatic carbocycles. The lowest BCUT2D eigenvalue weighted by Gasteiger charge is -2.43. The van der Waals surface area contributed by atoms with Crippen molar-refractivity contribution >= 4 is 28.9 Å². The molecule has 0 N–H and O–H groups in total. The quantitative estimate of drug-likeness (QED) is 0.0598. The van der Waals surface area contributed by atoms with Crippen molar-refractivity contribution in [3.63, 3.8) is 0 Å². The van der Waals surface area contributed by atoms with E-state index >= 15 is 0 Å². The Morgan fingerprint density at radius 1 is 0.407 bits per heavy atom. The van der Waals surface area contributed by atoms with Gasteiger partial charge in [-0.2, -0.15) is 0 Å². The average Bonchev–Trinajstić information content (AvgIpc) is 0.650. The molecule has 118 heavy (non-hydrogen) atoms. The van der Waals surface area contributed by atoms with Crippen molar-refractivity contribution in [1.82, 2.24) is 24.5 Å². The van der Waals surface area contributed by atoms with Gasteiger partial charge in [-0.1, -0.05) is 88.1 Å². The van der Waals surface area contributed by atoms with Crippen LogP contribution >= 0.6 is 0 Å². The van der Waals surface area contributed by atoms with E-state index in [0.717, 1.165) is 52.6 Å². The fourth-order valence-electron chi connectivity index (χ4n) is 13.3. The maximum absolute atomic E-state index is 14.0. The molecule has 10 aliphatic heterocycles. The van der Waals surface area contributed by atoms with Gasteiger partial charge in [0, 0.05) is 227 Å². The van der Waals surface area contributed by atoms with Crippen molar-refractivity contribution in [2.75, 3.05) is 136 Å². The summed E-state index contributed by atoms with van der Waals surface area (Å²) >= 11 is 0. The molecule has 5 aromatic rings. The number of hydrogen-bond acceptors (Lipinski definition) is 20. The lowest BCUT2D eigenvalue weighted by molar-refractivity contribution is -0.130. The van der Waals surface area contributed by atoms with E-state index in [-0.39, 0.29) is 46.8 Å². The Morgan fingerprint density at radius 3 is 1.26 bits per heavy atom. The van der Waals surface area contributed by atoms with E-state index in [1.807, 2.05) is 13.8 Å². The lowest BCUT2D eigenvalue weighted by Crippen LogP contribution is -2.46. The number of hydrogen-bond donors (Lipinski definition) is 0. The van der Waals surface area contributed by atoms with Crippen molar-refractivity contribution in [3.05, 3.63) is 116 Å². The molecule has 0 bridgehead atoms. The van der Waals surface area contributed by atoms with Gasteiger partial charge in [-0.05, 0) is 209 Å². The van der Waals surface area contributed by atoms with Gasteiger partial charge in [-0.3, -0.25) is 48.5 Å². The summed E-state index contributed by atoms with van der Waals surface area (Å²) in [6.45, 7) is -23.9. The van der Waals surface area contributed by atoms with Crippen LogP contribution in [0.2, 0.25) is 0 Å². The van der Waals surface area contributed by atoms with Crippen molar-refractivity contribution in [3.8, 4) is 57.5 Å². The Morgan fingerprint density at radius 2 is 0.788 bits per heavy atom. The number of benzene rings is 5. The number of carbonyl (C=O) groups is 5. The van der Waals surface area contributed by atoms with Crippen molar-refractivity contribution in [1.29, 1.82) is 0 Å². The maximum Gasteiger partial charge on any atom is 0.161 e. The number of piperidine rings is 5. The third kappa shape index (κ3) is 21.0. The van der Waals surface area contributed by atoms with E-state index in [1.165, 1.54) is 0 Å². The molecule has 0 aromatic heterocycles. The standard InChI is InChI=1S/3C20H29NO3.2C19H27NO3/c3*1-5-13(2)8-15-12-21-7-6-14-9-19(23-3)20(24-4)10-16(14)17(21)11-18(15)22;2*1-12(2)7-14-11-20-6-5-13-8-18(22-3)19(23-4)9-15(13)16(20)10-17(14)21/h3*9-10,13,15,17H,5-8,11-12H2,1-4H3;2*8-9,12,14,16H,5-7,10-11H2,1-4H3/i2D3,3D3,5D2,6D2,7D2,8D2,9D,10D,11D2,13D,15D,17D;2D3,3D3,5D2,8D2,9D,10D,11D2,12D2,13D,15D;2D3,3D3,5D2,6D2,7D2,8D2,9D,10D,13D,17D;3D3,5D2,6D2,10D2,14D,16D;3D3,5D2,6D2,8D,9D,16D. The molecular weight excluding hydrogens is 1490 g/mol. The molecule has 5 fully saturated rings. The van der Waals surface area contributed by atoms with Crippen molar-refractivity contribution in [2.24, 2.45) is 59.0 Å². The maximum atomic E-state index is 14.0. The minimum Gasteiger partial charge on any atom is -0.493 e. The molecule has 20 nitrogen and oxygen atoms in total.